The van der Waals surface area contributed by atoms with Gasteiger partial charge in [0.15, 0.2) is 0 Å². The van der Waals surface area contributed by atoms with Crippen LogP contribution >= 0.6 is 15.9 Å². The fourth-order valence-electron chi connectivity index (χ4n) is 1.64. The van der Waals surface area contributed by atoms with Gasteiger partial charge in [-0.15, -0.1) is 0 Å². The van der Waals surface area contributed by atoms with Gasteiger partial charge in [0.2, 0.25) is 5.91 Å². The normalized spacial score (nSPS) is 10.3. The molecule has 2 rings (SSSR count). The zero-order valence-electron chi connectivity index (χ0n) is 10.4. The molecule has 4 nitrogen and oxygen atoms in total. The van der Waals surface area contributed by atoms with Gasteiger partial charge < -0.3 is 16.2 Å². The van der Waals surface area contributed by atoms with Crippen molar-refractivity contribution in [1.82, 2.24) is 0 Å². The molecule has 4 N–H and O–H groups in total. The Morgan fingerprint density at radius 2 is 2.00 bits per heavy atom. The molecule has 0 aliphatic heterocycles. The van der Waals surface area contributed by atoms with Crippen molar-refractivity contribution in [3.8, 4) is 5.75 Å². The molecule has 0 saturated carbocycles. The Labute approximate surface area is 123 Å². The van der Waals surface area contributed by atoms with E-state index in [0.29, 0.717) is 11.4 Å². The monoisotopic (exact) mass is 338 g/mol. The van der Waals surface area contributed by atoms with Crippen LogP contribution in [0.1, 0.15) is 15.9 Å². The number of halogens is 2. The van der Waals surface area contributed by atoms with E-state index in [4.69, 9.17) is 16.2 Å². The quantitative estimate of drug-likeness (QED) is 0.841. The second-order valence-corrected chi connectivity index (χ2v) is 5.06. The number of carbonyl (C=O) groups is 1. The van der Waals surface area contributed by atoms with Crippen molar-refractivity contribution >= 4 is 27.5 Å². The SMILES string of the molecule is NC(=O)c1ccc(F)c(COc2ccc(Br)cc2N)c1. The molecule has 0 heterocycles. The molecule has 0 fully saturated rings. The molecule has 0 spiro atoms. The van der Waals surface area contributed by atoms with Crippen molar-refractivity contribution in [2.24, 2.45) is 5.73 Å². The molecular weight excluding hydrogens is 327 g/mol. The van der Waals surface area contributed by atoms with E-state index in [0.717, 1.165) is 4.47 Å². The number of benzene rings is 2. The summed E-state index contributed by atoms with van der Waals surface area (Å²) in [5.74, 6) is -0.642. The predicted molar refractivity (Wildman–Crippen MR) is 77.8 cm³/mol. The highest BCUT2D eigenvalue weighted by Crippen LogP contribution is 2.26. The van der Waals surface area contributed by atoms with E-state index in [-0.39, 0.29) is 17.7 Å². The van der Waals surface area contributed by atoms with Crippen molar-refractivity contribution in [1.29, 1.82) is 0 Å². The number of primary amides is 1. The second-order valence-electron chi connectivity index (χ2n) is 4.14. The Morgan fingerprint density at radius 1 is 1.25 bits per heavy atom. The first-order chi connectivity index (χ1) is 9.47. The fourth-order valence-corrected chi connectivity index (χ4v) is 2.02. The lowest BCUT2D eigenvalue weighted by Crippen LogP contribution is -2.12. The molecule has 0 unspecified atom stereocenters. The summed E-state index contributed by atoms with van der Waals surface area (Å²) < 4.78 is 19.9. The number of hydrogen-bond donors (Lipinski definition) is 2. The minimum Gasteiger partial charge on any atom is -0.487 e. The average Bonchev–Trinajstić information content (AvgIpc) is 2.39. The first-order valence-corrected chi connectivity index (χ1v) is 6.52. The summed E-state index contributed by atoms with van der Waals surface area (Å²) in [5.41, 5.74) is 11.8. The molecule has 2 aromatic carbocycles. The van der Waals surface area contributed by atoms with Crippen molar-refractivity contribution in [2.45, 2.75) is 6.61 Å². The van der Waals surface area contributed by atoms with E-state index in [1.807, 2.05) is 0 Å². The summed E-state index contributed by atoms with van der Waals surface area (Å²) in [6.45, 7) is -0.0429. The number of carbonyl (C=O) groups excluding carboxylic acids is 1. The van der Waals surface area contributed by atoms with Gasteiger partial charge in [0.25, 0.3) is 0 Å². The lowest BCUT2D eigenvalue weighted by molar-refractivity contribution is 0.1000. The minimum absolute atomic E-state index is 0.0429. The van der Waals surface area contributed by atoms with E-state index in [1.54, 1.807) is 18.2 Å². The van der Waals surface area contributed by atoms with Gasteiger partial charge in [-0.25, -0.2) is 4.39 Å². The number of ether oxygens (including phenoxy) is 1. The zero-order valence-corrected chi connectivity index (χ0v) is 12.0. The Bertz CT molecular complexity index is 662. The highest BCUT2D eigenvalue weighted by Gasteiger charge is 2.09. The highest BCUT2D eigenvalue weighted by molar-refractivity contribution is 9.10. The average molecular weight is 339 g/mol. The third kappa shape index (κ3) is 3.27. The van der Waals surface area contributed by atoms with Crippen LogP contribution in [0.15, 0.2) is 40.9 Å². The third-order valence-electron chi connectivity index (χ3n) is 2.69. The van der Waals surface area contributed by atoms with Crippen LogP contribution in [0.3, 0.4) is 0 Å². The Balaban J connectivity index is 2.18. The molecule has 104 valence electrons. The van der Waals surface area contributed by atoms with Gasteiger partial charge in [0.1, 0.15) is 18.2 Å². The second kappa shape index (κ2) is 5.92. The minimum atomic E-state index is -0.616. The van der Waals surface area contributed by atoms with Gasteiger partial charge >= 0.3 is 0 Å². The van der Waals surface area contributed by atoms with E-state index in [2.05, 4.69) is 15.9 Å². The van der Waals surface area contributed by atoms with Crippen LogP contribution in [0, 0.1) is 5.82 Å². The van der Waals surface area contributed by atoms with Crippen molar-refractivity contribution < 1.29 is 13.9 Å². The van der Waals surface area contributed by atoms with Gasteiger partial charge in [0.05, 0.1) is 5.69 Å². The van der Waals surface area contributed by atoms with Gasteiger partial charge in [-0.2, -0.15) is 0 Å². The molecule has 0 aromatic heterocycles. The predicted octanol–water partition coefficient (Wildman–Crippen LogP) is 2.85. The fraction of sp³-hybridized carbons (Fsp3) is 0.0714. The molecule has 0 saturated heterocycles. The highest BCUT2D eigenvalue weighted by atomic mass is 79.9. The lowest BCUT2D eigenvalue weighted by Gasteiger charge is -2.10. The number of anilines is 1. The molecule has 6 heteroatoms. The van der Waals surface area contributed by atoms with Crippen LogP contribution in [0.2, 0.25) is 0 Å². The Hall–Kier alpha value is -2.08. The molecule has 1 amide bonds. The van der Waals surface area contributed by atoms with Gasteiger partial charge in [-0.3, -0.25) is 4.79 Å². The number of amides is 1. The maximum atomic E-state index is 13.6. The first kappa shape index (κ1) is 14.3. The summed E-state index contributed by atoms with van der Waals surface area (Å²) in [6, 6.07) is 9.01. The van der Waals surface area contributed by atoms with Gasteiger partial charge in [-0.05, 0) is 36.4 Å². The summed E-state index contributed by atoms with van der Waals surface area (Å²) >= 11 is 3.28. The maximum Gasteiger partial charge on any atom is 0.248 e. The topological polar surface area (TPSA) is 78.3 Å². The molecule has 0 atom stereocenters. The molecule has 0 aliphatic carbocycles. The van der Waals surface area contributed by atoms with Crippen LogP contribution in [0.25, 0.3) is 0 Å². The number of nitrogens with two attached hydrogens (primary N) is 2. The Morgan fingerprint density at radius 3 is 2.65 bits per heavy atom. The summed E-state index contributed by atoms with van der Waals surface area (Å²) in [7, 11) is 0. The van der Waals surface area contributed by atoms with E-state index in [1.165, 1.54) is 18.2 Å². The van der Waals surface area contributed by atoms with Crippen LogP contribution in [-0.4, -0.2) is 5.91 Å². The lowest BCUT2D eigenvalue weighted by atomic mass is 10.1. The molecule has 20 heavy (non-hydrogen) atoms. The smallest absolute Gasteiger partial charge is 0.248 e. The van der Waals surface area contributed by atoms with Crippen LogP contribution in [0.5, 0.6) is 5.75 Å². The van der Waals surface area contributed by atoms with E-state index >= 15 is 0 Å². The molecular formula is C14H12BrFN2O2. The summed E-state index contributed by atoms with van der Waals surface area (Å²) in [6.07, 6.45) is 0. The maximum absolute atomic E-state index is 13.6. The van der Waals surface area contributed by atoms with Crippen molar-refractivity contribution in [2.75, 3.05) is 5.73 Å². The van der Waals surface area contributed by atoms with Crippen molar-refractivity contribution in [3.05, 3.63) is 57.8 Å². The number of nitrogen functional groups attached to an aromatic ring is 1. The third-order valence-corrected chi connectivity index (χ3v) is 3.18. The van der Waals surface area contributed by atoms with Crippen LogP contribution in [0.4, 0.5) is 10.1 Å². The van der Waals surface area contributed by atoms with E-state index in [9.17, 15) is 9.18 Å². The van der Waals surface area contributed by atoms with Crippen LogP contribution in [-0.2, 0) is 6.61 Å². The molecule has 0 aliphatic rings. The molecule has 2 aromatic rings. The van der Waals surface area contributed by atoms with Gasteiger partial charge in [-0.1, -0.05) is 15.9 Å². The number of rotatable bonds is 4. The summed E-state index contributed by atoms with van der Waals surface area (Å²) in [4.78, 5) is 11.1. The van der Waals surface area contributed by atoms with E-state index < -0.39 is 11.7 Å². The standard InChI is InChI=1S/C14H12BrFN2O2/c15-10-2-4-13(12(17)6-10)20-7-9-5-8(14(18)19)1-3-11(9)16/h1-6H,7,17H2,(H2,18,19). The molecule has 0 radical (unpaired) electrons. The number of hydrogen-bond acceptors (Lipinski definition) is 3. The molecule has 0 bridgehead atoms. The zero-order chi connectivity index (χ0) is 14.7. The first-order valence-electron chi connectivity index (χ1n) is 5.73. The Kier molecular flexibility index (Phi) is 4.24. The largest absolute Gasteiger partial charge is 0.487 e. The van der Waals surface area contributed by atoms with Gasteiger partial charge in [0, 0.05) is 15.6 Å². The van der Waals surface area contributed by atoms with Crippen molar-refractivity contribution in [3.63, 3.8) is 0 Å². The summed E-state index contributed by atoms with van der Waals surface area (Å²) in [5, 5.41) is 0. The van der Waals surface area contributed by atoms with Crippen LogP contribution < -0.4 is 16.2 Å².